The van der Waals surface area contributed by atoms with Crippen LogP contribution >= 0.6 is 34.0 Å². The first-order chi connectivity index (χ1) is 42.0. The van der Waals surface area contributed by atoms with Gasteiger partial charge in [0.05, 0.1) is 12.8 Å². The quantitative estimate of drug-likeness (QED) is 0.0458. The van der Waals surface area contributed by atoms with E-state index in [1.165, 1.54) is 103 Å². The van der Waals surface area contributed by atoms with Gasteiger partial charge in [-0.2, -0.15) is 30.7 Å². The minimum atomic E-state index is -2.96. The van der Waals surface area contributed by atoms with Gasteiger partial charge in [-0.25, -0.2) is 0 Å². The Bertz CT molecular complexity index is 3320. The molecule has 35 heteroatoms. The molecule has 0 amide bonds. The van der Waals surface area contributed by atoms with Crippen LogP contribution in [0.4, 0.5) is 68.7 Å². The Morgan fingerprint density at radius 1 is 0.517 bits per heavy atom. The van der Waals surface area contributed by atoms with Gasteiger partial charge in [-0.3, -0.25) is 9.59 Å². The zero-order valence-corrected chi connectivity index (χ0v) is 48.5. The lowest BCUT2D eigenvalue weighted by atomic mass is 10.0. The van der Waals surface area contributed by atoms with Crippen LogP contribution in [0.25, 0.3) is 0 Å². The SMILES string of the molecule is CO[C@@H](C(=O)Cc1nnc(N[C@@H]2CCN(c3ccc(F)nn3)C2)s1)c1cccc(OC(F)F)c1.CO[C@H](C(=O)Cc1nnc(N[C@@H]2CCN(c3ccc(F)nn3)C2)s1)c1cccc(OC(F)F)c1.Nc1nnc(N[C@@H]2CCN(c3ccc(F)nn3)C2)s1. The maximum atomic E-state index is 13.0. The van der Waals surface area contributed by atoms with Crippen molar-refractivity contribution >= 4 is 83.6 Å². The van der Waals surface area contributed by atoms with Crippen LogP contribution in [0, 0.1) is 17.8 Å². The molecule has 0 aliphatic carbocycles. The lowest BCUT2D eigenvalue weighted by Crippen LogP contribution is -2.26. The number of ketones is 2. The molecule has 0 radical (unpaired) electrons. The number of halogens is 7. The number of ether oxygens (including phenoxy) is 4. The summed E-state index contributed by atoms with van der Waals surface area (Å²) in [6.45, 7) is -1.60. The van der Waals surface area contributed by atoms with Gasteiger partial charge in [-0.1, -0.05) is 58.3 Å². The van der Waals surface area contributed by atoms with Crippen LogP contribution in [0.5, 0.6) is 11.5 Å². The van der Waals surface area contributed by atoms with Gasteiger partial charge in [0, 0.05) is 71.6 Å². The molecule has 6 aromatic heterocycles. The van der Waals surface area contributed by atoms with Crippen molar-refractivity contribution in [2.75, 3.05) is 89.9 Å². The monoisotopic (exact) mass is 1270 g/mol. The second-order valence-corrected chi connectivity index (χ2v) is 22.4. The highest BCUT2D eigenvalue weighted by Gasteiger charge is 2.30. The maximum Gasteiger partial charge on any atom is 0.387 e. The predicted octanol–water partition coefficient (Wildman–Crippen LogP) is 7.26. The molecule has 11 rings (SSSR count). The number of rotatable bonds is 23. The molecular weight excluding hydrogens is 1220 g/mol. The van der Waals surface area contributed by atoms with Crippen LogP contribution < -0.4 is 45.9 Å². The second kappa shape index (κ2) is 30.1. The van der Waals surface area contributed by atoms with E-state index in [1.54, 1.807) is 30.3 Å². The maximum absolute atomic E-state index is 13.0. The van der Waals surface area contributed by atoms with E-state index in [4.69, 9.17) is 15.2 Å². The molecule has 460 valence electrons. The van der Waals surface area contributed by atoms with Crippen molar-refractivity contribution in [3.05, 3.63) is 124 Å². The standard InChI is InChI=1S/2C21H21F3N6O3S.C10H12FN7S/c2*1-32-19(12-3-2-4-14(9-12)33-20(23)24)15(31)10-18-28-29-21(34-18)25-13-7-8-30(11-13)17-6-5-16(22)26-27-17;11-7-1-2-8(15-14-7)18-4-3-6(5-18)13-10-17-16-9(12)19-10/h2*2-6,9,13,19-20H,7-8,10-11H2,1H3,(H,25,29);1-2,6H,3-5H2,(H2,12,16)(H,13,17)/t13-,19+;13-,19-;6-/m111/s1. The molecule has 3 fully saturated rings. The lowest BCUT2D eigenvalue weighted by molar-refractivity contribution is -0.129. The largest absolute Gasteiger partial charge is 0.435 e. The number of hydrogen-bond donors (Lipinski definition) is 4. The number of nitrogen functional groups attached to an aromatic ring is 1. The Kier molecular flexibility index (Phi) is 21.7. The van der Waals surface area contributed by atoms with Gasteiger partial charge < -0.3 is 55.3 Å². The lowest BCUT2D eigenvalue weighted by Gasteiger charge is -2.16. The first-order valence-electron chi connectivity index (χ1n) is 26.5. The molecule has 0 saturated carbocycles. The fourth-order valence-electron chi connectivity index (χ4n) is 9.37. The summed E-state index contributed by atoms with van der Waals surface area (Å²) in [5.74, 6) is -0.626. The van der Waals surface area contributed by atoms with E-state index in [1.807, 2.05) is 9.80 Å². The Hall–Kier alpha value is -8.67. The summed E-state index contributed by atoms with van der Waals surface area (Å²) in [5.41, 5.74) is 6.34. The second-order valence-electron chi connectivity index (χ2n) is 19.2. The van der Waals surface area contributed by atoms with Gasteiger partial charge in [0.2, 0.25) is 38.4 Å². The first-order valence-corrected chi connectivity index (χ1v) is 28.9. The third-order valence-corrected chi connectivity index (χ3v) is 15.6. The Morgan fingerprint density at radius 3 is 1.21 bits per heavy atom. The number of anilines is 7. The van der Waals surface area contributed by atoms with Crippen LogP contribution in [0.15, 0.2) is 84.9 Å². The summed E-state index contributed by atoms with van der Waals surface area (Å²) in [4.78, 5) is 31.7. The van der Waals surface area contributed by atoms with Crippen LogP contribution in [-0.2, 0) is 31.9 Å². The third kappa shape index (κ3) is 18.2. The number of nitrogens with two attached hydrogens (primary N) is 1. The van der Waals surface area contributed by atoms with Crippen molar-refractivity contribution in [3.8, 4) is 11.5 Å². The topological polar surface area (TPSA) is 298 Å². The number of nitrogens with one attached hydrogen (secondary N) is 3. The van der Waals surface area contributed by atoms with E-state index >= 15 is 0 Å². The van der Waals surface area contributed by atoms with Gasteiger partial charge in [0.15, 0.2) is 29.0 Å². The number of methoxy groups -OCH3 is 2. The molecule has 0 spiro atoms. The van der Waals surface area contributed by atoms with Crippen LogP contribution in [0.2, 0.25) is 0 Å². The van der Waals surface area contributed by atoms with Crippen molar-refractivity contribution in [2.45, 2.75) is 75.7 Å². The van der Waals surface area contributed by atoms with E-state index in [-0.39, 0.29) is 54.0 Å². The van der Waals surface area contributed by atoms with Crippen molar-refractivity contribution in [3.63, 3.8) is 0 Å². The molecule has 2 aromatic carbocycles. The molecule has 5 atom stereocenters. The molecule has 3 saturated heterocycles. The summed E-state index contributed by atoms with van der Waals surface area (Å²) in [5, 5.41) is 59.1. The van der Waals surface area contributed by atoms with Gasteiger partial charge in [-0.05, 0) is 91.1 Å². The summed E-state index contributed by atoms with van der Waals surface area (Å²) in [6.07, 6.45) is 0.604. The molecule has 3 aliphatic heterocycles. The van der Waals surface area contributed by atoms with Gasteiger partial charge >= 0.3 is 13.2 Å². The summed E-state index contributed by atoms with van der Waals surface area (Å²) < 4.78 is 108. The van der Waals surface area contributed by atoms with Crippen molar-refractivity contribution < 1.29 is 59.3 Å². The number of nitrogens with zero attached hydrogens (tertiary/aromatic N) is 15. The van der Waals surface area contributed by atoms with E-state index < -0.39 is 43.3 Å². The van der Waals surface area contributed by atoms with Crippen molar-refractivity contribution in [1.29, 1.82) is 0 Å². The number of aromatic nitrogens is 12. The number of carbonyl (C=O) groups is 2. The van der Waals surface area contributed by atoms with E-state index in [0.29, 0.717) is 67.1 Å². The summed E-state index contributed by atoms with van der Waals surface area (Å²) >= 11 is 3.83. The van der Waals surface area contributed by atoms with Gasteiger partial charge in [0.1, 0.15) is 33.7 Å². The summed E-state index contributed by atoms with van der Waals surface area (Å²) in [6, 6.07) is 20.8. The Labute approximate surface area is 502 Å². The fraction of sp³-hybridized carbons (Fsp3) is 0.385. The number of alkyl halides is 4. The Morgan fingerprint density at radius 2 is 0.885 bits per heavy atom. The van der Waals surface area contributed by atoms with Crippen molar-refractivity contribution in [2.24, 2.45) is 0 Å². The van der Waals surface area contributed by atoms with Gasteiger partial charge in [-0.15, -0.1) is 61.2 Å². The first kappa shape index (κ1) is 62.8. The molecule has 3 aliphatic rings. The Balaban J connectivity index is 0.000000162. The smallest absolute Gasteiger partial charge is 0.387 e. The molecule has 87 heavy (non-hydrogen) atoms. The molecule has 8 aromatic rings. The molecule has 0 unspecified atom stereocenters. The van der Waals surface area contributed by atoms with E-state index in [2.05, 4.69) is 91.5 Å². The third-order valence-electron chi connectivity index (χ3n) is 13.2. The molecular formula is C52H54F7N19O6S3. The van der Waals surface area contributed by atoms with Gasteiger partial charge in [0.25, 0.3) is 0 Å². The average molecular weight is 1270 g/mol. The minimum absolute atomic E-state index is 0.0280. The zero-order chi connectivity index (χ0) is 61.4. The van der Waals surface area contributed by atoms with E-state index in [9.17, 15) is 40.3 Å². The highest BCUT2D eigenvalue weighted by atomic mass is 32.1. The summed E-state index contributed by atoms with van der Waals surface area (Å²) in [7, 11) is 2.74. The average Bonchev–Trinajstić information content (AvgIpc) is 3.96. The number of benzene rings is 2. The predicted molar refractivity (Wildman–Crippen MR) is 306 cm³/mol. The molecule has 9 heterocycles. The van der Waals surface area contributed by atoms with Crippen molar-refractivity contribution in [1.82, 2.24) is 61.2 Å². The van der Waals surface area contributed by atoms with E-state index in [0.717, 1.165) is 50.6 Å². The molecule has 0 bridgehead atoms. The van der Waals surface area contributed by atoms with Crippen LogP contribution in [0.3, 0.4) is 0 Å². The number of Topliss-reactive ketones (excluding diaryl/α,β-unsaturated/α-hetero) is 2. The zero-order valence-electron chi connectivity index (χ0n) is 46.0. The number of carbonyl (C=O) groups excluding carboxylic acids is 2. The fourth-order valence-corrected chi connectivity index (χ4v) is 11.6. The minimum Gasteiger partial charge on any atom is -0.435 e. The van der Waals surface area contributed by atoms with Crippen LogP contribution in [0.1, 0.15) is 52.6 Å². The van der Waals surface area contributed by atoms with Crippen LogP contribution in [-0.4, -0.2) is 158 Å². The molecule has 25 nitrogen and oxygen atoms in total. The highest BCUT2D eigenvalue weighted by Crippen LogP contribution is 2.31. The number of hydrogen-bond acceptors (Lipinski definition) is 28. The molecule has 5 N–H and O–H groups in total. The normalized spacial score (nSPS) is 17.1. The highest BCUT2D eigenvalue weighted by molar-refractivity contribution is 7.18.